The first-order valence-corrected chi connectivity index (χ1v) is 9.62. The molecule has 4 aromatic rings. The van der Waals surface area contributed by atoms with Crippen LogP contribution in [0.15, 0.2) is 85.4 Å². The average Bonchev–Trinajstić information content (AvgIpc) is 3.23. The molecule has 0 unspecified atom stereocenters. The van der Waals surface area contributed by atoms with E-state index in [4.69, 9.17) is 4.42 Å². The van der Waals surface area contributed by atoms with Crippen LogP contribution >= 0.6 is 15.9 Å². The van der Waals surface area contributed by atoms with E-state index < -0.39 is 11.2 Å². The summed E-state index contributed by atoms with van der Waals surface area (Å²) in [5.74, 6) is 0.105. The molecular formula is C21H16BrN3O4. The van der Waals surface area contributed by atoms with Crippen molar-refractivity contribution < 1.29 is 9.21 Å². The predicted octanol–water partition coefficient (Wildman–Crippen LogP) is 3.21. The first kappa shape index (κ1) is 18.9. The van der Waals surface area contributed by atoms with Gasteiger partial charge in [-0.05, 0) is 48.5 Å². The molecule has 1 N–H and O–H groups in total. The second kappa shape index (κ2) is 7.92. The molecule has 0 spiro atoms. The lowest BCUT2D eigenvalue weighted by atomic mass is 10.2. The Bertz CT molecular complexity index is 1290. The van der Waals surface area contributed by atoms with Gasteiger partial charge in [0.15, 0.2) is 0 Å². The highest BCUT2D eigenvalue weighted by molar-refractivity contribution is 9.10. The normalized spacial score (nSPS) is 10.9. The van der Waals surface area contributed by atoms with Gasteiger partial charge in [-0.15, -0.1) is 0 Å². The van der Waals surface area contributed by atoms with E-state index in [0.717, 1.165) is 9.04 Å². The molecule has 0 fully saturated rings. The predicted molar refractivity (Wildman–Crippen MR) is 113 cm³/mol. The van der Waals surface area contributed by atoms with Crippen LogP contribution in [0.2, 0.25) is 0 Å². The summed E-state index contributed by atoms with van der Waals surface area (Å²) in [4.78, 5) is 38.5. The van der Waals surface area contributed by atoms with Gasteiger partial charge < -0.3 is 9.73 Å². The van der Waals surface area contributed by atoms with Gasteiger partial charge in [0, 0.05) is 10.2 Å². The van der Waals surface area contributed by atoms with Crippen LogP contribution in [-0.2, 0) is 17.9 Å². The molecule has 1 amide bonds. The van der Waals surface area contributed by atoms with Gasteiger partial charge in [0.2, 0.25) is 5.91 Å². The third-order valence-corrected chi connectivity index (χ3v) is 4.98. The molecule has 0 aliphatic rings. The van der Waals surface area contributed by atoms with Gasteiger partial charge in [-0.3, -0.25) is 18.7 Å². The monoisotopic (exact) mass is 453 g/mol. The number of anilines is 1. The van der Waals surface area contributed by atoms with E-state index in [1.165, 1.54) is 10.8 Å². The summed E-state index contributed by atoms with van der Waals surface area (Å²) < 4.78 is 8.55. The number of halogens is 1. The van der Waals surface area contributed by atoms with Crippen LogP contribution in [0.25, 0.3) is 10.9 Å². The summed E-state index contributed by atoms with van der Waals surface area (Å²) in [5, 5.41) is 3.12. The molecule has 2 aromatic carbocycles. The van der Waals surface area contributed by atoms with Crippen LogP contribution in [0.1, 0.15) is 5.76 Å². The molecule has 2 heterocycles. The minimum Gasteiger partial charge on any atom is -0.467 e. The van der Waals surface area contributed by atoms with Crippen molar-refractivity contribution >= 4 is 38.4 Å². The van der Waals surface area contributed by atoms with Crippen molar-refractivity contribution in [3.8, 4) is 0 Å². The van der Waals surface area contributed by atoms with Crippen molar-refractivity contribution in [1.29, 1.82) is 0 Å². The van der Waals surface area contributed by atoms with Crippen molar-refractivity contribution in [1.82, 2.24) is 9.13 Å². The minimum atomic E-state index is -0.573. The van der Waals surface area contributed by atoms with Gasteiger partial charge >= 0.3 is 5.69 Å². The molecule has 0 atom stereocenters. The standard InChI is InChI=1S/C21H16BrN3O4/c22-14-7-9-15(10-8-14)23-19(26)13-24-18-6-2-1-5-17(18)20(27)25(21(24)28)12-16-4-3-11-29-16/h1-11H,12-13H2,(H,23,26). The Hall–Kier alpha value is -3.39. The summed E-state index contributed by atoms with van der Waals surface area (Å²) in [5.41, 5.74) is 0.0197. The third-order valence-electron chi connectivity index (χ3n) is 4.46. The molecule has 0 aliphatic heterocycles. The van der Waals surface area contributed by atoms with Gasteiger partial charge in [0.1, 0.15) is 12.3 Å². The van der Waals surface area contributed by atoms with Gasteiger partial charge in [0.25, 0.3) is 5.56 Å². The van der Waals surface area contributed by atoms with E-state index in [1.807, 2.05) is 0 Å². The van der Waals surface area contributed by atoms with Crippen molar-refractivity contribution in [2.75, 3.05) is 5.32 Å². The Morgan fingerprint density at radius 3 is 2.45 bits per heavy atom. The van der Waals surface area contributed by atoms with Crippen LogP contribution < -0.4 is 16.6 Å². The number of para-hydroxylation sites is 1. The van der Waals surface area contributed by atoms with E-state index in [-0.39, 0.29) is 19.0 Å². The van der Waals surface area contributed by atoms with E-state index in [2.05, 4.69) is 21.2 Å². The zero-order valence-corrected chi connectivity index (χ0v) is 16.8. The second-order valence-corrected chi connectivity index (χ2v) is 7.33. The fraction of sp³-hybridized carbons (Fsp3) is 0.0952. The fourth-order valence-corrected chi connectivity index (χ4v) is 3.36. The van der Waals surface area contributed by atoms with Crippen LogP contribution in [0.5, 0.6) is 0 Å². The number of hydrogen-bond donors (Lipinski definition) is 1. The van der Waals surface area contributed by atoms with Crippen LogP contribution in [-0.4, -0.2) is 15.0 Å². The number of rotatable bonds is 5. The molecule has 0 radical (unpaired) electrons. The number of aromatic nitrogens is 2. The van der Waals surface area contributed by atoms with Gasteiger partial charge in [-0.25, -0.2) is 4.79 Å². The highest BCUT2D eigenvalue weighted by Crippen LogP contribution is 2.14. The lowest BCUT2D eigenvalue weighted by molar-refractivity contribution is -0.116. The molecule has 0 saturated carbocycles. The molecular weight excluding hydrogens is 438 g/mol. The van der Waals surface area contributed by atoms with Gasteiger partial charge in [0.05, 0.1) is 23.7 Å². The molecule has 0 saturated heterocycles. The highest BCUT2D eigenvalue weighted by Gasteiger charge is 2.16. The summed E-state index contributed by atoms with van der Waals surface area (Å²) in [7, 11) is 0. The number of hydrogen-bond acceptors (Lipinski definition) is 4. The SMILES string of the molecule is O=C(Cn1c(=O)n(Cc2ccco2)c(=O)c2ccccc21)Nc1ccc(Br)cc1. The number of benzene rings is 2. The molecule has 146 valence electrons. The van der Waals surface area contributed by atoms with Crippen LogP contribution in [0, 0.1) is 0 Å². The molecule has 0 aliphatic carbocycles. The number of furan rings is 1. The Balaban J connectivity index is 1.74. The van der Waals surface area contributed by atoms with E-state index in [0.29, 0.717) is 22.4 Å². The number of amides is 1. The Morgan fingerprint density at radius 2 is 1.72 bits per heavy atom. The van der Waals surface area contributed by atoms with Gasteiger partial charge in [-0.1, -0.05) is 28.1 Å². The van der Waals surface area contributed by atoms with E-state index in [9.17, 15) is 14.4 Å². The topological polar surface area (TPSA) is 86.2 Å². The maximum Gasteiger partial charge on any atom is 0.332 e. The number of fused-ring (bicyclic) bond motifs is 1. The molecule has 8 heteroatoms. The van der Waals surface area contributed by atoms with Crippen LogP contribution in [0.4, 0.5) is 5.69 Å². The van der Waals surface area contributed by atoms with Crippen molar-refractivity contribution in [2.45, 2.75) is 13.1 Å². The van der Waals surface area contributed by atoms with Crippen LogP contribution in [0.3, 0.4) is 0 Å². The summed E-state index contributed by atoms with van der Waals surface area (Å²) >= 11 is 3.34. The number of carbonyl (C=O) groups is 1. The highest BCUT2D eigenvalue weighted by atomic mass is 79.9. The average molecular weight is 454 g/mol. The van der Waals surface area contributed by atoms with Crippen molar-refractivity contribution in [3.05, 3.63) is 98.0 Å². The summed E-state index contributed by atoms with van der Waals surface area (Å²) in [6.45, 7) is -0.238. The summed E-state index contributed by atoms with van der Waals surface area (Å²) in [6.07, 6.45) is 1.48. The smallest absolute Gasteiger partial charge is 0.332 e. The molecule has 4 rings (SSSR count). The zero-order valence-electron chi connectivity index (χ0n) is 15.2. The van der Waals surface area contributed by atoms with Crippen molar-refractivity contribution in [2.24, 2.45) is 0 Å². The maximum atomic E-state index is 13.1. The first-order chi connectivity index (χ1) is 14.0. The Labute approximate surface area is 173 Å². The molecule has 0 bridgehead atoms. The zero-order chi connectivity index (χ0) is 20.4. The summed E-state index contributed by atoms with van der Waals surface area (Å²) in [6, 6.07) is 17.2. The Morgan fingerprint density at radius 1 is 0.966 bits per heavy atom. The lowest BCUT2D eigenvalue weighted by Gasteiger charge is -2.13. The molecule has 2 aromatic heterocycles. The quantitative estimate of drug-likeness (QED) is 0.502. The number of carbonyl (C=O) groups excluding carboxylic acids is 1. The molecule has 7 nitrogen and oxygen atoms in total. The Kier molecular flexibility index (Phi) is 5.18. The van der Waals surface area contributed by atoms with E-state index in [1.54, 1.807) is 60.7 Å². The van der Waals surface area contributed by atoms with E-state index >= 15 is 0 Å². The minimum absolute atomic E-state index is 0.0101. The number of nitrogens with zero attached hydrogens (tertiary/aromatic N) is 2. The maximum absolute atomic E-state index is 13.1. The third kappa shape index (κ3) is 3.93. The molecule has 29 heavy (non-hydrogen) atoms. The second-order valence-electron chi connectivity index (χ2n) is 6.41. The van der Waals surface area contributed by atoms with Gasteiger partial charge in [-0.2, -0.15) is 0 Å². The lowest BCUT2D eigenvalue weighted by Crippen LogP contribution is -2.41. The first-order valence-electron chi connectivity index (χ1n) is 8.83. The van der Waals surface area contributed by atoms with Crippen molar-refractivity contribution in [3.63, 3.8) is 0 Å². The fourth-order valence-electron chi connectivity index (χ4n) is 3.10. The largest absolute Gasteiger partial charge is 0.467 e. The number of nitrogens with one attached hydrogen (secondary N) is 1.